The summed E-state index contributed by atoms with van der Waals surface area (Å²) in [7, 11) is 0. The molecule has 0 aromatic carbocycles. The molecule has 1 rings (SSSR count). The van der Waals surface area contributed by atoms with Crippen LogP contribution in [0.15, 0.2) is 0 Å². The van der Waals surface area contributed by atoms with Crippen LogP contribution in [0.4, 0.5) is 0 Å². The van der Waals surface area contributed by atoms with Gasteiger partial charge < -0.3 is 0 Å². The molecular weight excluding hydrogens is 132 g/mol. The van der Waals surface area contributed by atoms with Crippen LogP contribution in [-0.2, 0) is 0 Å². The quantitative estimate of drug-likeness (QED) is 0.566. The van der Waals surface area contributed by atoms with Crippen LogP contribution in [0.1, 0.15) is 52.9 Å². The van der Waals surface area contributed by atoms with Gasteiger partial charge in [-0.15, -0.1) is 0 Å². The average Bonchev–Trinajstić information content (AvgIpc) is 1.98. The predicted octanol–water partition coefficient (Wildman–Crippen LogP) is 3.86. The van der Waals surface area contributed by atoms with Gasteiger partial charge in [0.25, 0.3) is 0 Å². The van der Waals surface area contributed by atoms with Gasteiger partial charge in [-0.1, -0.05) is 46.5 Å². The molecule has 0 saturated heterocycles. The monoisotopic (exact) mass is 154 g/mol. The van der Waals surface area contributed by atoms with Crippen LogP contribution in [0.3, 0.4) is 0 Å². The third kappa shape index (κ3) is 2.50. The first-order valence-electron chi connectivity index (χ1n) is 5.24. The Morgan fingerprint density at radius 3 is 2.36 bits per heavy atom. The fraction of sp³-hybridized carbons (Fsp3) is 1.00. The van der Waals surface area contributed by atoms with Gasteiger partial charge in [-0.3, -0.25) is 0 Å². The van der Waals surface area contributed by atoms with Gasteiger partial charge in [0, 0.05) is 0 Å². The summed E-state index contributed by atoms with van der Waals surface area (Å²) in [4.78, 5) is 0. The van der Waals surface area contributed by atoms with E-state index in [1.807, 2.05) is 0 Å². The zero-order chi connectivity index (χ0) is 8.27. The topological polar surface area (TPSA) is 0 Å². The van der Waals surface area contributed by atoms with Gasteiger partial charge in [-0.05, 0) is 24.2 Å². The minimum absolute atomic E-state index is 0.986. The first-order valence-corrected chi connectivity index (χ1v) is 5.24. The van der Waals surface area contributed by atoms with E-state index in [9.17, 15) is 0 Å². The van der Waals surface area contributed by atoms with E-state index < -0.39 is 0 Å². The number of hydrogen-bond acceptors (Lipinski definition) is 0. The smallest absolute Gasteiger partial charge is 0.0412 e. The molecule has 0 aromatic rings. The molecule has 0 heteroatoms. The van der Waals surface area contributed by atoms with E-state index in [0.717, 1.165) is 17.8 Å². The van der Waals surface area contributed by atoms with Crippen molar-refractivity contribution < 1.29 is 0 Å². The van der Waals surface area contributed by atoms with E-state index in [1.165, 1.54) is 32.1 Å². The first kappa shape index (κ1) is 9.09. The van der Waals surface area contributed by atoms with E-state index in [1.54, 1.807) is 0 Å². The van der Waals surface area contributed by atoms with E-state index in [-0.39, 0.29) is 0 Å². The Bertz CT molecular complexity index is 107. The van der Waals surface area contributed by atoms with E-state index in [0.29, 0.717) is 0 Å². The lowest BCUT2D eigenvalue weighted by Gasteiger charge is -2.31. The van der Waals surface area contributed by atoms with Crippen LogP contribution in [0, 0.1) is 17.8 Å². The zero-order valence-electron chi connectivity index (χ0n) is 8.27. The van der Waals surface area contributed by atoms with Crippen LogP contribution >= 0.6 is 0 Å². The third-order valence-electron chi connectivity index (χ3n) is 3.40. The third-order valence-corrected chi connectivity index (χ3v) is 3.40. The molecule has 11 heavy (non-hydrogen) atoms. The Morgan fingerprint density at radius 2 is 1.82 bits per heavy atom. The van der Waals surface area contributed by atoms with Gasteiger partial charge in [0.1, 0.15) is 0 Å². The Morgan fingerprint density at radius 1 is 1.09 bits per heavy atom. The average molecular weight is 154 g/mol. The maximum atomic E-state index is 2.42. The van der Waals surface area contributed by atoms with E-state index in [4.69, 9.17) is 0 Å². The SMILES string of the molecule is CCC[C@@H]1CC[C@@H](C)C(C)C1. The fourth-order valence-electron chi connectivity index (χ4n) is 2.33. The van der Waals surface area contributed by atoms with Gasteiger partial charge >= 0.3 is 0 Å². The highest BCUT2D eigenvalue weighted by Gasteiger charge is 2.23. The summed E-state index contributed by atoms with van der Waals surface area (Å²) in [5.41, 5.74) is 0. The Hall–Kier alpha value is 0. The van der Waals surface area contributed by atoms with Crippen molar-refractivity contribution in [2.75, 3.05) is 0 Å². The second-order valence-electron chi connectivity index (χ2n) is 4.42. The summed E-state index contributed by atoms with van der Waals surface area (Å²) in [5.74, 6) is 3.04. The van der Waals surface area contributed by atoms with Gasteiger partial charge in [0.15, 0.2) is 0 Å². The molecule has 66 valence electrons. The lowest BCUT2D eigenvalue weighted by molar-refractivity contribution is 0.199. The second kappa shape index (κ2) is 4.13. The zero-order valence-corrected chi connectivity index (χ0v) is 8.27. The Labute approximate surface area is 71.4 Å². The largest absolute Gasteiger partial charge is 0.0654 e. The van der Waals surface area contributed by atoms with Crippen LogP contribution in [0.5, 0.6) is 0 Å². The van der Waals surface area contributed by atoms with Crippen molar-refractivity contribution in [1.82, 2.24) is 0 Å². The highest BCUT2D eigenvalue weighted by Crippen LogP contribution is 2.35. The van der Waals surface area contributed by atoms with Gasteiger partial charge in [-0.2, -0.15) is 0 Å². The van der Waals surface area contributed by atoms with Gasteiger partial charge in [-0.25, -0.2) is 0 Å². The van der Waals surface area contributed by atoms with Gasteiger partial charge in [0.2, 0.25) is 0 Å². The van der Waals surface area contributed by atoms with Crippen molar-refractivity contribution in [3.05, 3.63) is 0 Å². The summed E-state index contributed by atoms with van der Waals surface area (Å²) in [5, 5.41) is 0. The van der Waals surface area contributed by atoms with Crippen molar-refractivity contribution in [2.45, 2.75) is 52.9 Å². The molecule has 0 radical (unpaired) electrons. The molecule has 1 saturated carbocycles. The minimum Gasteiger partial charge on any atom is -0.0654 e. The molecule has 0 spiro atoms. The van der Waals surface area contributed by atoms with Crippen LogP contribution in [0.25, 0.3) is 0 Å². The predicted molar refractivity (Wildman–Crippen MR) is 50.6 cm³/mol. The summed E-state index contributed by atoms with van der Waals surface area (Å²) in [6, 6.07) is 0. The molecule has 0 aromatic heterocycles. The Kier molecular flexibility index (Phi) is 3.42. The molecule has 3 atom stereocenters. The fourth-order valence-corrected chi connectivity index (χ4v) is 2.33. The van der Waals surface area contributed by atoms with Crippen LogP contribution in [-0.4, -0.2) is 0 Å². The molecule has 0 amide bonds. The summed E-state index contributed by atoms with van der Waals surface area (Å²) < 4.78 is 0. The Balaban J connectivity index is 2.28. The van der Waals surface area contributed by atoms with Gasteiger partial charge in [0.05, 0.1) is 0 Å². The molecule has 0 nitrogen and oxygen atoms in total. The number of rotatable bonds is 2. The first-order chi connectivity index (χ1) is 5.24. The second-order valence-corrected chi connectivity index (χ2v) is 4.42. The highest BCUT2D eigenvalue weighted by molar-refractivity contribution is 4.74. The summed E-state index contributed by atoms with van der Waals surface area (Å²) in [6.45, 7) is 7.14. The maximum Gasteiger partial charge on any atom is -0.0412 e. The van der Waals surface area contributed by atoms with Crippen molar-refractivity contribution >= 4 is 0 Å². The van der Waals surface area contributed by atoms with Crippen LogP contribution < -0.4 is 0 Å². The maximum absolute atomic E-state index is 2.42. The van der Waals surface area contributed by atoms with E-state index in [2.05, 4.69) is 20.8 Å². The summed E-state index contributed by atoms with van der Waals surface area (Å²) >= 11 is 0. The molecular formula is C11H22. The van der Waals surface area contributed by atoms with Crippen LogP contribution in [0.2, 0.25) is 0 Å². The number of hydrogen-bond donors (Lipinski definition) is 0. The molecule has 1 fully saturated rings. The molecule has 0 N–H and O–H groups in total. The van der Waals surface area contributed by atoms with Crippen molar-refractivity contribution in [1.29, 1.82) is 0 Å². The minimum atomic E-state index is 0.986. The molecule has 0 aliphatic heterocycles. The standard InChI is InChI=1S/C11H22/c1-4-5-11-7-6-9(2)10(3)8-11/h9-11H,4-8H2,1-3H3/t9-,10?,11-/m1/s1. The normalized spacial score (nSPS) is 39.0. The van der Waals surface area contributed by atoms with Crippen molar-refractivity contribution in [2.24, 2.45) is 17.8 Å². The molecule has 0 heterocycles. The van der Waals surface area contributed by atoms with Crippen molar-refractivity contribution in [3.63, 3.8) is 0 Å². The lowest BCUT2D eigenvalue weighted by Crippen LogP contribution is -2.20. The molecule has 1 unspecified atom stereocenters. The summed E-state index contributed by atoms with van der Waals surface area (Å²) in [6.07, 6.45) is 7.32. The molecule has 1 aliphatic carbocycles. The van der Waals surface area contributed by atoms with E-state index >= 15 is 0 Å². The van der Waals surface area contributed by atoms with Crippen molar-refractivity contribution in [3.8, 4) is 0 Å². The highest BCUT2D eigenvalue weighted by atomic mass is 14.3. The molecule has 0 bridgehead atoms. The lowest BCUT2D eigenvalue weighted by atomic mass is 9.74. The molecule has 1 aliphatic rings.